The molecule has 4 heteroatoms. The normalized spacial score (nSPS) is 23.7. The van der Waals surface area contributed by atoms with Crippen LogP contribution in [0.3, 0.4) is 0 Å². The summed E-state index contributed by atoms with van der Waals surface area (Å²) in [4.78, 5) is 4.07. The van der Waals surface area contributed by atoms with E-state index >= 15 is 0 Å². The number of rotatable bonds is 2. The van der Waals surface area contributed by atoms with Crippen molar-refractivity contribution in [3.63, 3.8) is 0 Å². The Hall–Kier alpha value is -0.350. The maximum Gasteiger partial charge on any atom is 0.169 e. The van der Waals surface area contributed by atoms with Crippen molar-refractivity contribution in [1.29, 1.82) is 0 Å². The molecule has 1 saturated carbocycles. The van der Waals surface area contributed by atoms with E-state index in [1.807, 2.05) is 0 Å². The van der Waals surface area contributed by atoms with Crippen LogP contribution in [0.2, 0.25) is 0 Å². The van der Waals surface area contributed by atoms with E-state index in [-0.39, 0.29) is 0 Å². The fourth-order valence-electron chi connectivity index (χ4n) is 2.89. The average Bonchev–Trinajstić information content (AvgIpc) is 2.40. The number of hydrogen-bond donors (Lipinski definition) is 2. The molecule has 0 radical (unpaired) electrons. The molecule has 0 unspecified atom stereocenters. The molecule has 2 N–H and O–H groups in total. The molecule has 0 amide bonds. The largest absolute Gasteiger partial charge is 0.360 e. The Bertz CT molecular complexity index is 243. The van der Waals surface area contributed by atoms with Crippen LogP contribution in [0.25, 0.3) is 0 Å². The van der Waals surface area contributed by atoms with Gasteiger partial charge in [-0.15, -0.1) is 0 Å². The quantitative estimate of drug-likeness (QED) is 0.699. The minimum absolute atomic E-state index is 0.646. The van der Waals surface area contributed by atoms with Gasteiger partial charge in [0, 0.05) is 6.04 Å². The molecular weight excluding hydrogens is 230 g/mol. The van der Waals surface area contributed by atoms with Gasteiger partial charge in [-0.05, 0) is 32.0 Å². The molecule has 0 atom stereocenters. The Morgan fingerprint density at radius 1 is 1.24 bits per heavy atom. The lowest BCUT2D eigenvalue weighted by molar-refractivity contribution is -0.902. The van der Waals surface area contributed by atoms with Gasteiger partial charge in [-0.3, -0.25) is 0 Å². The van der Waals surface area contributed by atoms with Crippen LogP contribution in [0.4, 0.5) is 0 Å². The first-order chi connectivity index (χ1) is 8.29. The molecule has 2 aliphatic rings. The lowest BCUT2D eigenvalue weighted by Crippen LogP contribution is -3.14. The first-order valence-corrected chi connectivity index (χ1v) is 7.59. The first kappa shape index (κ1) is 13.1. The van der Waals surface area contributed by atoms with Gasteiger partial charge in [0.05, 0.1) is 32.7 Å². The highest BCUT2D eigenvalue weighted by Gasteiger charge is 2.22. The lowest BCUT2D eigenvalue weighted by atomic mass is 9.96. The van der Waals surface area contributed by atoms with Crippen LogP contribution in [-0.4, -0.2) is 48.8 Å². The standard InChI is InChI=1S/C13H25N3S/c1-2-15-8-10-16(11-9-15)13(17)14-12-6-4-3-5-7-12/h12H,2-11H2,1H3,(H,14,17)/p+1. The van der Waals surface area contributed by atoms with E-state index in [1.54, 1.807) is 4.90 Å². The van der Waals surface area contributed by atoms with Gasteiger partial charge < -0.3 is 15.1 Å². The Morgan fingerprint density at radius 2 is 1.88 bits per heavy atom. The smallest absolute Gasteiger partial charge is 0.169 e. The molecule has 1 aliphatic heterocycles. The van der Waals surface area contributed by atoms with Crippen molar-refractivity contribution in [2.75, 3.05) is 32.7 Å². The van der Waals surface area contributed by atoms with Gasteiger partial charge in [0.1, 0.15) is 0 Å². The van der Waals surface area contributed by atoms with Crippen LogP contribution in [0, 0.1) is 0 Å². The lowest BCUT2D eigenvalue weighted by Gasteiger charge is -2.35. The number of likely N-dealkylation sites (N-methyl/N-ethyl adjacent to an activating group) is 1. The molecule has 0 spiro atoms. The Balaban J connectivity index is 1.72. The van der Waals surface area contributed by atoms with Crippen LogP contribution in [0.1, 0.15) is 39.0 Å². The zero-order valence-electron chi connectivity index (χ0n) is 11.0. The summed E-state index contributed by atoms with van der Waals surface area (Å²) in [6.45, 7) is 8.25. The molecule has 2 fully saturated rings. The van der Waals surface area contributed by atoms with Crippen LogP contribution >= 0.6 is 12.2 Å². The third kappa shape index (κ3) is 3.81. The van der Waals surface area contributed by atoms with Gasteiger partial charge >= 0.3 is 0 Å². The summed E-state index contributed by atoms with van der Waals surface area (Å²) in [5.74, 6) is 0. The van der Waals surface area contributed by atoms with Crippen LogP contribution in [0.15, 0.2) is 0 Å². The topological polar surface area (TPSA) is 19.7 Å². The van der Waals surface area contributed by atoms with Crippen molar-refractivity contribution < 1.29 is 4.90 Å². The number of piperazine rings is 1. The molecule has 0 aromatic heterocycles. The van der Waals surface area contributed by atoms with E-state index in [9.17, 15) is 0 Å². The number of nitrogens with one attached hydrogen (secondary N) is 2. The third-order valence-electron chi connectivity index (χ3n) is 4.19. The molecular formula is C13H26N3S+. The van der Waals surface area contributed by atoms with Crippen molar-refractivity contribution in [3.05, 3.63) is 0 Å². The fourth-order valence-corrected chi connectivity index (χ4v) is 3.24. The zero-order valence-corrected chi connectivity index (χ0v) is 11.8. The molecule has 2 rings (SSSR count). The maximum atomic E-state index is 5.54. The molecule has 3 nitrogen and oxygen atoms in total. The van der Waals surface area contributed by atoms with Crippen LogP contribution in [0.5, 0.6) is 0 Å². The van der Waals surface area contributed by atoms with E-state index < -0.39 is 0 Å². The molecule has 0 bridgehead atoms. The summed E-state index contributed by atoms with van der Waals surface area (Å²) in [6.07, 6.45) is 6.76. The fraction of sp³-hybridized carbons (Fsp3) is 0.923. The Morgan fingerprint density at radius 3 is 2.47 bits per heavy atom. The highest BCUT2D eigenvalue weighted by Crippen LogP contribution is 2.17. The van der Waals surface area contributed by atoms with Gasteiger partial charge in [0.2, 0.25) is 0 Å². The zero-order chi connectivity index (χ0) is 12.1. The molecule has 1 heterocycles. The van der Waals surface area contributed by atoms with Crippen LogP contribution < -0.4 is 10.2 Å². The molecule has 0 aromatic carbocycles. The van der Waals surface area contributed by atoms with E-state index in [2.05, 4.69) is 17.1 Å². The third-order valence-corrected chi connectivity index (χ3v) is 4.57. The Labute approximate surface area is 111 Å². The van der Waals surface area contributed by atoms with Crippen molar-refractivity contribution >= 4 is 17.3 Å². The summed E-state index contributed by atoms with van der Waals surface area (Å²) in [7, 11) is 0. The van der Waals surface area contributed by atoms with E-state index in [0.29, 0.717) is 6.04 Å². The summed E-state index contributed by atoms with van der Waals surface area (Å²) >= 11 is 5.54. The van der Waals surface area contributed by atoms with Crippen molar-refractivity contribution in [2.45, 2.75) is 45.1 Å². The van der Waals surface area contributed by atoms with Crippen LogP contribution in [-0.2, 0) is 0 Å². The van der Waals surface area contributed by atoms with E-state index in [4.69, 9.17) is 12.2 Å². The molecule has 1 aliphatic carbocycles. The predicted molar refractivity (Wildman–Crippen MR) is 75.4 cm³/mol. The van der Waals surface area contributed by atoms with Gasteiger partial charge in [-0.25, -0.2) is 0 Å². The Kier molecular flexibility index (Phi) is 5.04. The number of quaternary nitrogens is 1. The molecule has 17 heavy (non-hydrogen) atoms. The number of hydrogen-bond acceptors (Lipinski definition) is 1. The number of thiocarbonyl (C=S) groups is 1. The highest BCUT2D eigenvalue weighted by molar-refractivity contribution is 7.80. The van der Waals surface area contributed by atoms with Crippen molar-refractivity contribution in [3.8, 4) is 0 Å². The van der Waals surface area contributed by atoms with Crippen molar-refractivity contribution in [1.82, 2.24) is 10.2 Å². The molecule has 1 saturated heterocycles. The van der Waals surface area contributed by atoms with E-state index in [1.165, 1.54) is 51.7 Å². The van der Waals surface area contributed by atoms with Gasteiger partial charge in [-0.1, -0.05) is 19.3 Å². The predicted octanol–water partition coefficient (Wildman–Crippen LogP) is 0.414. The first-order valence-electron chi connectivity index (χ1n) is 7.18. The monoisotopic (exact) mass is 256 g/mol. The minimum atomic E-state index is 0.646. The second-order valence-electron chi connectivity index (χ2n) is 5.38. The summed E-state index contributed by atoms with van der Waals surface area (Å²) < 4.78 is 0. The summed E-state index contributed by atoms with van der Waals surface area (Å²) in [5, 5.41) is 4.58. The second kappa shape index (κ2) is 6.55. The van der Waals surface area contributed by atoms with E-state index in [0.717, 1.165) is 18.2 Å². The van der Waals surface area contributed by atoms with Crippen molar-refractivity contribution in [2.24, 2.45) is 0 Å². The highest BCUT2D eigenvalue weighted by atomic mass is 32.1. The summed E-state index contributed by atoms with van der Waals surface area (Å²) in [5.41, 5.74) is 0. The number of nitrogens with zero attached hydrogens (tertiary/aromatic N) is 1. The van der Waals surface area contributed by atoms with Gasteiger partial charge in [-0.2, -0.15) is 0 Å². The molecule has 98 valence electrons. The second-order valence-corrected chi connectivity index (χ2v) is 5.76. The molecule has 0 aromatic rings. The average molecular weight is 256 g/mol. The van der Waals surface area contributed by atoms with Gasteiger partial charge in [0.15, 0.2) is 5.11 Å². The van der Waals surface area contributed by atoms with Gasteiger partial charge in [0.25, 0.3) is 0 Å². The summed E-state index contributed by atoms with van der Waals surface area (Å²) in [6, 6.07) is 0.646. The maximum absolute atomic E-state index is 5.54. The minimum Gasteiger partial charge on any atom is -0.360 e. The SMILES string of the molecule is CC[NH+]1CCN(C(=S)NC2CCCCC2)CC1.